The van der Waals surface area contributed by atoms with Crippen LogP contribution in [-0.2, 0) is 9.84 Å². The molecule has 0 aromatic heterocycles. The number of hydrogen-bond donors (Lipinski definition) is 1. The van der Waals surface area contributed by atoms with Gasteiger partial charge < -0.3 is 5.32 Å². The van der Waals surface area contributed by atoms with E-state index < -0.39 is 9.84 Å². The highest BCUT2D eigenvalue weighted by Crippen LogP contribution is 2.16. The molecule has 0 heterocycles. The predicted octanol–water partition coefficient (Wildman–Crippen LogP) is 2.87. The second kappa shape index (κ2) is 7.65. The van der Waals surface area contributed by atoms with E-state index in [9.17, 15) is 8.42 Å². The van der Waals surface area contributed by atoms with Crippen molar-refractivity contribution in [2.24, 2.45) is 5.92 Å². The van der Waals surface area contributed by atoms with Crippen LogP contribution >= 0.6 is 0 Å². The molecule has 0 fully saturated rings. The van der Waals surface area contributed by atoms with Gasteiger partial charge in [-0.1, -0.05) is 45.4 Å². The van der Waals surface area contributed by atoms with Crippen LogP contribution in [0.1, 0.15) is 33.6 Å². The number of nitrogens with one attached hydrogen (secondary N) is 1. The van der Waals surface area contributed by atoms with E-state index in [1.54, 1.807) is 24.3 Å². The van der Waals surface area contributed by atoms with Crippen molar-refractivity contribution in [3.8, 4) is 0 Å². The zero-order valence-electron chi connectivity index (χ0n) is 12.1. The van der Waals surface area contributed by atoms with E-state index in [1.165, 1.54) is 0 Å². The van der Waals surface area contributed by atoms with Gasteiger partial charge in [0.05, 0.1) is 10.6 Å². The summed E-state index contributed by atoms with van der Waals surface area (Å²) in [5.74, 6) is 0.525. The first-order chi connectivity index (χ1) is 9.01. The Morgan fingerprint density at radius 1 is 1.16 bits per heavy atom. The number of rotatable bonds is 8. The lowest BCUT2D eigenvalue weighted by molar-refractivity contribution is 0.391. The fourth-order valence-electron chi connectivity index (χ4n) is 2.00. The molecule has 0 bridgehead atoms. The maximum absolute atomic E-state index is 12.4. The van der Waals surface area contributed by atoms with Gasteiger partial charge in [-0.25, -0.2) is 8.42 Å². The highest BCUT2D eigenvalue weighted by atomic mass is 32.2. The van der Waals surface area contributed by atoms with Crippen LogP contribution < -0.4 is 5.32 Å². The summed E-state index contributed by atoms with van der Waals surface area (Å²) in [6.07, 6.45) is 1.99. The Labute approximate surface area is 117 Å². The standard InChI is InChI=1S/C15H25NO2S/c1-4-11-16-15(13(3)5-2)12-19(17,18)14-9-7-6-8-10-14/h6-10,13,15-16H,4-5,11-12H2,1-3H3. The molecule has 0 saturated carbocycles. The van der Waals surface area contributed by atoms with Crippen molar-refractivity contribution in [1.82, 2.24) is 5.32 Å². The Morgan fingerprint density at radius 3 is 2.32 bits per heavy atom. The highest BCUT2D eigenvalue weighted by Gasteiger charge is 2.24. The van der Waals surface area contributed by atoms with Crippen molar-refractivity contribution in [3.05, 3.63) is 30.3 Å². The van der Waals surface area contributed by atoms with Crippen LogP contribution in [0.3, 0.4) is 0 Å². The second-order valence-electron chi connectivity index (χ2n) is 5.04. The maximum atomic E-state index is 12.4. The van der Waals surface area contributed by atoms with Crippen molar-refractivity contribution in [2.45, 2.75) is 44.6 Å². The van der Waals surface area contributed by atoms with Crippen molar-refractivity contribution in [3.63, 3.8) is 0 Å². The quantitative estimate of drug-likeness (QED) is 0.798. The van der Waals surface area contributed by atoms with E-state index in [0.717, 1.165) is 19.4 Å². The second-order valence-corrected chi connectivity index (χ2v) is 7.07. The van der Waals surface area contributed by atoms with Crippen molar-refractivity contribution in [1.29, 1.82) is 0 Å². The Kier molecular flexibility index (Phi) is 6.52. The molecule has 2 atom stereocenters. The van der Waals surface area contributed by atoms with Crippen LogP contribution in [-0.4, -0.2) is 26.8 Å². The molecule has 0 amide bonds. The highest BCUT2D eigenvalue weighted by molar-refractivity contribution is 7.91. The molecular weight excluding hydrogens is 258 g/mol. The van der Waals surface area contributed by atoms with Gasteiger partial charge in [-0.15, -0.1) is 0 Å². The molecule has 0 aliphatic carbocycles. The van der Waals surface area contributed by atoms with E-state index in [2.05, 4.69) is 26.1 Å². The number of sulfone groups is 1. The molecule has 1 N–H and O–H groups in total. The predicted molar refractivity (Wildman–Crippen MR) is 80.0 cm³/mol. The van der Waals surface area contributed by atoms with E-state index in [0.29, 0.717) is 10.8 Å². The summed E-state index contributed by atoms with van der Waals surface area (Å²) in [6.45, 7) is 7.15. The van der Waals surface area contributed by atoms with Crippen LogP contribution in [0.5, 0.6) is 0 Å². The van der Waals surface area contributed by atoms with Crippen LogP contribution in [0.25, 0.3) is 0 Å². The molecular formula is C15H25NO2S. The molecule has 4 heteroatoms. The third-order valence-corrected chi connectivity index (χ3v) is 5.28. The fraction of sp³-hybridized carbons (Fsp3) is 0.600. The molecule has 0 aliphatic rings. The summed E-state index contributed by atoms with van der Waals surface area (Å²) < 4.78 is 24.8. The lowest BCUT2D eigenvalue weighted by atomic mass is 10.0. The van der Waals surface area contributed by atoms with Crippen molar-refractivity contribution < 1.29 is 8.42 Å². The summed E-state index contributed by atoms with van der Waals surface area (Å²) >= 11 is 0. The SMILES string of the molecule is CCCNC(CS(=O)(=O)c1ccccc1)C(C)CC. The average molecular weight is 283 g/mol. The molecule has 0 saturated heterocycles. The Bertz CT molecular complexity index is 456. The Balaban J connectivity index is 2.83. The first kappa shape index (κ1) is 16.2. The summed E-state index contributed by atoms with van der Waals surface area (Å²) in [6, 6.07) is 8.73. The van der Waals surface area contributed by atoms with E-state index in [4.69, 9.17) is 0 Å². The van der Waals surface area contributed by atoms with Gasteiger partial charge in [0.2, 0.25) is 0 Å². The van der Waals surface area contributed by atoms with Gasteiger partial charge in [-0.2, -0.15) is 0 Å². The summed E-state index contributed by atoms with van der Waals surface area (Å²) in [5, 5.41) is 3.37. The molecule has 108 valence electrons. The van der Waals surface area contributed by atoms with Gasteiger partial charge in [0.15, 0.2) is 9.84 Å². The first-order valence-electron chi connectivity index (χ1n) is 7.02. The minimum atomic E-state index is -3.21. The molecule has 3 nitrogen and oxygen atoms in total. The van der Waals surface area contributed by atoms with Crippen LogP contribution in [0, 0.1) is 5.92 Å². The maximum Gasteiger partial charge on any atom is 0.179 e. The number of benzene rings is 1. The molecule has 1 rings (SSSR count). The van der Waals surface area contributed by atoms with Gasteiger partial charge in [-0.3, -0.25) is 0 Å². The van der Waals surface area contributed by atoms with E-state index in [1.807, 2.05) is 6.07 Å². The van der Waals surface area contributed by atoms with Crippen molar-refractivity contribution >= 4 is 9.84 Å². The lowest BCUT2D eigenvalue weighted by Crippen LogP contribution is -2.41. The van der Waals surface area contributed by atoms with Crippen molar-refractivity contribution in [2.75, 3.05) is 12.3 Å². The van der Waals surface area contributed by atoms with Crippen LogP contribution in [0.4, 0.5) is 0 Å². The van der Waals surface area contributed by atoms with Gasteiger partial charge in [0, 0.05) is 6.04 Å². The monoisotopic (exact) mass is 283 g/mol. The molecule has 2 unspecified atom stereocenters. The largest absolute Gasteiger partial charge is 0.313 e. The van der Waals surface area contributed by atoms with Crippen LogP contribution in [0.15, 0.2) is 35.2 Å². The van der Waals surface area contributed by atoms with Gasteiger partial charge in [-0.05, 0) is 31.0 Å². The normalized spacial score (nSPS) is 15.1. The van der Waals surface area contributed by atoms with Crippen LogP contribution in [0.2, 0.25) is 0 Å². The summed E-state index contributed by atoms with van der Waals surface area (Å²) in [5.41, 5.74) is 0. The summed E-state index contributed by atoms with van der Waals surface area (Å²) in [4.78, 5) is 0.418. The summed E-state index contributed by atoms with van der Waals surface area (Å²) in [7, 11) is -3.21. The third kappa shape index (κ3) is 4.96. The number of hydrogen-bond acceptors (Lipinski definition) is 3. The average Bonchev–Trinajstić information content (AvgIpc) is 2.43. The molecule has 0 aliphatic heterocycles. The van der Waals surface area contributed by atoms with E-state index >= 15 is 0 Å². The molecule has 19 heavy (non-hydrogen) atoms. The zero-order valence-corrected chi connectivity index (χ0v) is 12.9. The fourth-order valence-corrected chi connectivity index (χ4v) is 3.68. The van der Waals surface area contributed by atoms with Gasteiger partial charge in [0.25, 0.3) is 0 Å². The smallest absolute Gasteiger partial charge is 0.179 e. The molecule has 0 radical (unpaired) electrons. The third-order valence-electron chi connectivity index (χ3n) is 3.49. The van der Waals surface area contributed by atoms with Gasteiger partial charge in [0.1, 0.15) is 0 Å². The minimum absolute atomic E-state index is 0.0233. The zero-order chi connectivity index (χ0) is 14.3. The Hall–Kier alpha value is -0.870. The first-order valence-corrected chi connectivity index (χ1v) is 8.67. The molecule has 0 spiro atoms. The molecule has 1 aromatic carbocycles. The van der Waals surface area contributed by atoms with E-state index in [-0.39, 0.29) is 11.8 Å². The minimum Gasteiger partial charge on any atom is -0.313 e. The Morgan fingerprint density at radius 2 is 1.79 bits per heavy atom. The molecule has 1 aromatic rings. The lowest BCUT2D eigenvalue weighted by Gasteiger charge is -2.24. The topological polar surface area (TPSA) is 46.2 Å². The van der Waals surface area contributed by atoms with Gasteiger partial charge >= 0.3 is 0 Å².